The molecule has 7 nitrogen and oxygen atoms in total. The molecule has 2 rings (SSSR count). The van der Waals surface area contributed by atoms with Crippen LogP contribution in [0.25, 0.3) is 11.4 Å². The fourth-order valence-electron chi connectivity index (χ4n) is 1.82. The molecule has 0 aliphatic carbocycles. The zero-order chi connectivity index (χ0) is 15.8. The van der Waals surface area contributed by atoms with Crippen LogP contribution in [-0.2, 0) is 10.2 Å². The normalized spacial score (nSPS) is 11.0. The highest BCUT2D eigenvalue weighted by atomic mass is 35.5. The summed E-state index contributed by atoms with van der Waals surface area (Å²) in [5, 5.41) is 10.9. The van der Waals surface area contributed by atoms with Crippen LogP contribution in [-0.4, -0.2) is 31.5 Å². The second kappa shape index (κ2) is 9.78. The molecule has 0 amide bonds. The molecule has 0 unspecified atom stereocenters. The molecule has 0 spiro atoms. The summed E-state index contributed by atoms with van der Waals surface area (Å²) in [5.74, 6) is 0. The van der Waals surface area contributed by atoms with E-state index in [9.17, 15) is 8.42 Å². The molecule has 2 heterocycles. The first-order valence-electron chi connectivity index (χ1n) is 6.93. The second-order valence-electron chi connectivity index (χ2n) is 4.68. The van der Waals surface area contributed by atoms with E-state index in [0.29, 0.717) is 6.54 Å². The number of halogens is 1. The lowest BCUT2D eigenvalue weighted by Gasteiger charge is -2.03. The maximum absolute atomic E-state index is 10.7. The lowest BCUT2D eigenvalue weighted by Crippen LogP contribution is -3.00. The number of hydrogen-bond donors (Lipinski definition) is 3. The standard InChI is InChI=1S/C13H19N5O2S2.ClH/c14-22(19,20)17-9-4-1-3-8-16-13-18-12(10-21-13)11-6-2-5-7-15-11;/h2,5-7,10,17H,1,3-4,8-9H2,(H,16,18)(H2,14,19,20);1H. The zero-order valence-corrected chi connectivity index (χ0v) is 14.8. The van der Waals surface area contributed by atoms with Crippen molar-refractivity contribution in [3.8, 4) is 11.4 Å². The Balaban J connectivity index is 0.00000264. The van der Waals surface area contributed by atoms with Gasteiger partial charge in [-0.15, -0.1) is 11.3 Å². The topological polar surface area (TPSA) is 110 Å². The average molecular weight is 378 g/mol. The third kappa shape index (κ3) is 7.71. The largest absolute Gasteiger partial charge is 1.00 e. The number of pyridine rings is 1. The van der Waals surface area contributed by atoms with Gasteiger partial charge in [-0.25, -0.2) is 14.8 Å². The molecule has 0 aromatic carbocycles. The van der Waals surface area contributed by atoms with E-state index in [-0.39, 0.29) is 13.8 Å². The molecular weight excluding hydrogens is 358 g/mol. The average Bonchev–Trinajstić information content (AvgIpc) is 2.95. The Morgan fingerprint density at radius 2 is 1.96 bits per heavy atom. The third-order valence-electron chi connectivity index (χ3n) is 2.86. The first-order chi connectivity index (χ1) is 10.5. The predicted molar refractivity (Wildman–Crippen MR) is 89.9 cm³/mol. The Labute approximate surface area is 147 Å². The summed E-state index contributed by atoms with van der Waals surface area (Å²) in [4.78, 5) is 8.75. The number of nitrogens with one attached hydrogen (secondary N) is 2. The smallest absolute Gasteiger partial charge is 1.00 e. The van der Waals surface area contributed by atoms with Gasteiger partial charge >= 0.3 is 1.43 Å². The van der Waals surface area contributed by atoms with E-state index < -0.39 is 10.2 Å². The van der Waals surface area contributed by atoms with E-state index in [4.69, 9.17) is 5.14 Å². The molecule has 0 bridgehead atoms. The third-order valence-corrected chi connectivity index (χ3v) is 4.27. The number of anilines is 1. The molecule has 0 aliphatic rings. The van der Waals surface area contributed by atoms with Crippen molar-refractivity contribution in [2.75, 3.05) is 18.4 Å². The summed E-state index contributed by atoms with van der Waals surface area (Å²) in [7, 11) is -3.56. The fourth-order valence-corrected chi connectivity index (χ4v) is 2.99. The molecule has 10 heteroatoms. The minimum Gasteiger partial charge on any atom is -1.00 e. The Morgan fingerprint density at radius 1 is 1.17 bits per heavy atom. The van der Waals surface area contributed by atoms with Gasteiger partial charge < -0.3 is 17.7 Å². The van der Waals surface area contributed by atoms with E-state index in [0.717, 1.165) is 42.3 Å². The summed E-state index contributed by atoms with van der Waals surface area (Å²) < 4.78 is 23.6. The molecule has 23 heavy (non-hydrogen) atoms. The van der Waals surface area contributed by atoms with Crippen molar-refractivity contribution in [1.82, 2.24) is 14.7 Å². The van der Waals surface area contributed by atoms with Crippen molar-refractivity contribution in [2.24, 2.45) is 5.14 Å². The molecule has 0 fully saturated rings. The Bertz CT molecular complexity index is 685. The van der Waals surface area contributed by atoms with Gasteiger partial charge in [0.15, 0.2) is 5.13 Å². The van der Waals surface area contributed by atoms with Crippen LogP contribution in [0.15, 0.2) is 29.8 Å². The van der Waals surface area contributed by atoms with Crippen LogP contribution in [0.3, 0.4) is 0 Å². The van der Waals surface area contributed by atoms with Gasteiger partial charge in [0, 0.05) is 24.7 Å². The van der Waals surface area contributed by atoms with E-state index in [2.05, 4.69) is 20.0 Å². The summed E-state index contributed by atoms with van der Waals surface area (Å²) in [6.07, 6.45) is 4.35. The highest BCUT2D eigenvalue weighted by molar-refractivity contribution is 7.87. The molecule has 2 aromatic heterocycles. The summed E-state index contributed by atoms with van der Waals surface area (Å²) in [6, 6.07) is 5.74. The van der Waals surface area contributed by atoms with Gasteiger partial charge in [-0.1, -0.05) is 12.5 Å². The number of rotatable bonds is 9. The van der Waals surface area contributed by atoms with Gasteiger partial charge in [0.2, 0.25) is 0 Å². The van der Waals surface area contributed by atoms with E-state index in [1.807, 2.05) is 23.6 Å². The zero-order valence-electron chi connectivity index (χ0n) is 13.4. The predicted octanol–water partition coefficient (Wildman–Crippen LogP) is -1.30. The number of nitrogens with two attached hydrogens (primary N) is 1. The van der Waals surface area contributed by atoms with E-state index >= 15 is 0 Å². The molecule has 0 radical (unpaired) electrons. The van der Waals surface area contributed by atoms with Crippen molar-refractivity contribution < 1.29 is 22.3 Å². The minimum atomic E-state index is -3.56. The van der Waals surface area contributed by atoms with Gasteiger partial charge in [-0.05, 0) is 25.0 Å². The fraction of sp³-hybridized carbons (Fsp3) is 0.385. The monoisotopic (exact) mass is 377 g/mol. The van der Waals surface area contributed by atoms with Gasteiger partial charge in [-0.3, -0.25) is 4.98 Å². The Kier molecular flexibility index (Phi) is 8.42. The quantitative estimate of drug-likeness (QED) is 0.470. The highest BCUT2D eigenvalue weighted by Crippen LogP contribution is 2.22. The molecular formula is C13H20ClN5O2S2. The number of aromatic nitrogens is 2. The lowest BCUT2D eigenvalue weighted by molar-refractivity contribution is -0.00000736. The van der Waals surface area contributed by atoms with E-state index in [1.165, 1.54) is 0 Å². The van der Waals surface area contributed by atoms with Crippen LogP contribution in [0, 0.1) is 0 Å². The van der Waals surface area contributed by atoms with Gasteiger partial charge in [0.05, 0.1) is 5.69 Å². The van der Waals surface area contributed by atoms with Crippen molar-refractivity contribution in [3.05, 3.63) is 29.8 Å². The Morgan fingerprint density at radius 3 is 2.65 bits per heavy atom. The summed E-state index contributed by atoms with van der Waals surface area (Å²) >= 11 is 1.55. The van der Waals surface area contributed by atoms with Crippen molar-refractivity contribution in [1.29, 1.82) is 0 Å². The number of hydrogen-bond acceptors (Lipinski definition) is 6. The maximum Gasteiger partial charge on any atom is 1.00 e. The van der Waals surface area contributed by atoms with Crippen LogP contribution in [0.4, 0.5) is 5.13 Å². The molecule has 2 aromatic rings. The van der Waals surface area contributed by atoms with Crippen molar-refractivity contribution >= 4 is 26.7 Å². The van der Waals surface area contributed by atoms with E-state index in [1.54, 1.807) is 17.5 Å². The van der Waals surface area contributed by atoms with Gasteiger partial charge in [0.25, 0.3) is 10.2 Å². The molecule has 0 atom stereocenters. The van der Waals surface area contributed by atoms with Crippen LogP contribution in [0.2, 0.25) is 0 Å². The van der Waals surface area contributed by atoms with Crippen LogP contribution < -0.4 is 27.6 Å². The lowest BCUT2D eigenvalue weighted by atomic mass is 10.2. The number of nitrogens with zero attached hydrogens (tertiary/aromatic N) is 2. The summed E-state index contributed by atoms with van der Waals surface area (Å²) in [5.41, 5.74) is 1.73. The number of unbranched alkanes of at least 4 members (excludes halogenated alkanes) is 2. The van der Waals surface area contributed by atoms with Crippen LogP contribution in [0.1, 0.15) is 20.7 Å². The Hall–Kier alpha value is -1.26. The molecule has 0 aliphatic heterocycles. The summed E-state index contributed by atoms with van der Waals surface area (Å²) in [6.45, 7) is 1.17. The first-order valence-corrected chi connectivity index (χ1v) is 9.35. The molecule has 0 saturated heterocycles. The second-order valence-corrected chi connectivity index (χ2v) is 6.92. The van der Waals surface area contributed by atoms with Crippen LogP contribution in [0.5, 0.6) is 0 Å². The molecule has 128 valence electrons. The molecule has 0 saturated carbocycles. The van der Waals surface area contributed by atoms with Gasteiger partial charge in [0.1, 0.15) is 5.69 Å². The minimum absolute atomic E-state index is 0. The molecule has 4 N–H and O–H groups in total. The van der Waals surface area contributed by atoms with Gasteiger partial charge in [-0.2, -0.15) is 8.42 Å². The van der Waals surface area contributed by atoms with Crippen molar-refractivity contribution in [3.63, 3.8) is 0 Å². The van der Waals surface area contributed by atoms with Crippen molar-refractivity contribution in [2.45, 2.75) is 19.3 Å². The first kappa shape index (κ1) is 19.8. The maximum atomic E-state index is 10.7. The SMILES string of the molecule is NS(=O)(=O)NCCCCCNc1nc(-c2ccccn2)cs1.[Cl-].[H+]. The van der Waals surface area contributed by atoms with Crippen LogP contribution >= 0.6 is 11.3 Å². The highest BCUT2D eigenvalue weighted by Gasteiger charge is 2.04. The number of thiazole rings is 1.